The summed E-state index contributed by atoms with van der Waals surface area (Å²) in [6.45, 7) is 3.34. The summed E-state index contributed by atoms with van der Waals surface area (Å²) in [5, 5.41) is 36.1. The summed E-state index contributed by atoms with van der Waals surface area (Å²) < 4.78 is 0. The number of hydrogen-bond acceptors (Lipinski definition) is 6. The maximum atomic E-state index is 9.87. The molecule has 0 aromatic heterocycles. The Kier molecular flexibility index (Phi) is 14.6. The molecule has 0 saturated heterocycles. The predicted octanol–water partition coefficient (Wildman–Crippen LogP) is -2.06. The van der Waals surface area contributed by atoms with Crippen molar-refractivity contribution in [2.45, 2.75) is 13.0 Å². The third kappa shape index (κ3) is 13.2. The van der Waals surface area contributed by atoms with E-state index in [0.717, 1.165) is 0 Å². The Labute approximate surface area is 102 Å². The SMILES string of the molecule is CNC(C)C(=O)O.OCCN(CCO)CCO. The third-order valence-corrected chi connectivity index (χ3v) is 2.05. The van der Waals surface area contributed by atoms with E-state index in [1.807, 2.05) is 0 Å². The second-order valence-corrected chi connectivity index (χ2v) is 3.36. The Morgan fingerprint density at radius 2 is 1.47 bits per heavy atom. The van der Waals surface area contributed by atoms with Crippen LogP contribution in [0.1, 0.15) is 6.92 Å². The minimum Gasteiger partial charge on any atom is -0.480 e. The molecule has 0 amide bonds. The molecule has 1 atom stereocenters. The van der Waals surface area contributed by atoms with E-state index in [1.54, 1.807) is 18.9 Å². The predicted molar refractivity (Wildman–Crippen MR) is 63.9 cm³/mol. The van der Waals surface area contributed by atoms with E-state index in [2.05, 4.69) is 5.32 Å². The maximum Gasteiger partial charge on any atom is 0.320 e. The Morgan fingerprint density at radius 1 is 1.12 bits per heavy atom. The number of aliphatic carboxylic acids is 1. The fourth-order valence-corrected chi connectivity index (χ4v) is 0.883. The molecule has 1 unspecified atom stereocenters. The Bertz CT molecular complexity index is 166. The molecule has 0 saturated carbocycles. The van der Waals surface area contributed by atoms with Crippen LogP contribution in [0.5, 0.6) is 0 Å². The lowest BCUT2D eigenvalue weighted by atomic mass is 10.4. The lowest BCUT2D eigenvalue weighted by molar-refractivity contribution is -0.138. The Balaban J connectivity index is 0. The summed E-state index contributed by atoms with van der Waals surface area (Å²) in [5.74, 6) is -0.817. The summed E-state index contributed by atoms with van der Waals surface area (Å²) in [7, 11) is 1.61. The van der Waals surface area contributed by atoms with Crippen LogP contribution >= 0.6 is 0 Å². The molecular formula is C10H24N2O5. The van der Waals surface area contributed by atoms with E-state index in [9.17, 15) is 4.79 Å². The van der Waals surface area contributed by atoms with Gasteiger partial charge in [0, 0.05) is 19.6 Å². The molecule has 0 aliphatic heterocycles. The van der Waals surface area contributed by atoms with E-state index in [0.29, 0.717) is 19.6 Å². The lowest BCUT2D eigenvalue weighted by Gasteiger charge is -2.17. The summed E-state index contributed by atoms with van der Waals surface area (Å²) in [6.07, 6.45) is 0. The smallest absolute Gasteiger partial charge is 0.320 e. The standard InChI is InChI=1S/C6H15NO3.C4H9NO2/c8-4-1-7(2-5-9)3-6-10;1-3(5-2)4(6)7/h8-10H,1-6H2;3,5H,1-2H3,(H,6,7). The molecule has 17 heavy (non-hydrogen) atoms. The Morgan fingerprint density at radius 3 is 1.59 bits per heavy atom. The van der Waals surface area contributed by atoms with Crippen LogP contribution in [0.15, 0.2) is 0 Å². The monoisotopic (exact) mass is 252 g/mol. The first-order chi connectivity index (χ1) is 8.03. The van der Waals surface area contributed by atoms with Crippen LogP contribution in [-0.4, -0.2) is 83.8 Å². The van der Waals surface area contributed by atoms with Crippen LogP contribution in [0.2, 0.25) is 0 Å². The van der Waals surface area contributed by atoms with E-state index in [1.165, 1.54) is 0 Å². The summed E-state index contributed by atoms with van der Waals surface area (Å²) >= 11 is 0. The number of aliphatic hydroxyl groups is 3. The number of likely N-dealkylation sites (N-methyl/N-ethyl adjacent to an activating group) is 1. The molecule has 0 fully saturated rings. The van der Waals surface area contributed by atoms with Crippen molar-refractivity contribution in [1.29, 1.82) is 0 Å². The second kappa shape index (κ2) is 13.3. The minimum absolute atomic E-state index is 0.0694. The van der Waals surface area contributed by atoms with Crippen LogP contribution in [0.25, 0.3) is 0 Å². The van der Waals surface area contributed by atoms with Gasteiger partial charge >= 0.3 is 5.97 Å². The number of aliphatic hydroxyl groups excluding tert-OH is 3. The summed E-state index contributed by atoms with van der Waals surface area (Å²) in [6, 6.07) is -0.431. The first-order valence-electron chi connectivity index (χ1n) is 5.48. The number of carbonyl (C=O) groups is 1. The van der Waals surface area contributed by atoms with Crippen LogP contribution < -0.4 is 5.32 Å². The molecule has 0 aliphatic carbocycles. The lowest BCUT2D eigenvalue weighted by Crippen LogP contribution is -2.32. The van der Waals surface area contributed by atoms with Gasteiger partial charge in [-0.3, -0.25) is 9.69 Å². The molecule has 0 aliphatic rings. The zero-order valence-corrected chi connectivity index (χ0v) is 10.5. The van der Waals surface area contributed by atoms with E-state index < -0.39 is 12.0 Å². The van der Waals surface area contributed by atoms with Gasteiger partial charge in [-0.05, 0) is 14.0 Å². The van der Waals surface area contributed by atoms with Gasteiger partial charge in [0.05, 0.1) is 19.8 Å². The molecule has 104 valence electrons. The van der Waals surface area contributed by atoms with Gasteiger partial charge in [-0.1, -0.05) is 0 Å². The highest BCUT2D eigenvalue weighted by Crippen LogP contribution is 1.84. The van der Waals surface area contributed by atoms with Gasteiger partial charge in [0.15, 0.2) is 0 Å². The van der Waals surface area contributed by atoms with E-state index in [4.69, 9.17) is 20.4 Å². The summed E-state index contributed by atoms with van der Waals surface area (Å²) in [4.78, 5) is 11.7. The van der Waals surface area contributed by atoms with Crippen molar-refractivity contribution in [3.05, 3.63) is 0 Å². The minimum atomic E-state index is -0.817. The van der Waals surface area contributed by atoms with Crippen molar-refractivity contribution in [2.24, 2.45) is 0 Å². The highest BCUT2D eigenvalue weighted by atomic mass is 16.4. The number of rotatable bonds is 8. The zero-order valence-electron chi connectivity index (χ0n) is 10.5. The molecule has 0 aromatic carbocycles. The van der Waals surface area contributed by atoms with Crippen LogP contribution in [0.3, 0.4) is 0 Å². The molecule has 0 bridgehead atoms. The van der Waals surface area contributed by atoms with Crippen molar-refractivity contribution in [2.75, 3.05) is 46.5 Å². The topological polar surface area (TPSA) is 113 Å². The second-order valence-electron chi connectivity index (χ2n) is 3.36. The van der Waals surface area contributed by atoms with Crippen molar-refractivity contribution < 1.29 is 25.2 Å². The molecule has 0 rings (SSSR count). The number of carboxylic acids is 1. The number of carboxylic acid groups (broad SMARTS) is 1. The highest BCUT2D eigenvalue weighted by molar-refractivity contribution is 5.72. The van der Waals surface area contributed by atoms with Gasteiger partial charge in [-0.2, -0.15) is 0 Å². The third-order valence-electron chi connectivity index (χ3n) is 2.05. The van der Waals surface area contributed by atoms with Gasteiger partial charge in [-0.25, -0.2) is 0 Å². The van der Waals surface area contributed by atoms with Crippen molar-refractivity contribution >= 4 is 5.97 Å². The molecule has 0 aromatic rings. The van der Waals surface area contributed by atoms with Gasteiger partial charge in [-0.15, -0.1) is 0 Å². The van der Waals surface area contributed by atoms with Crippen molar-refractivity contribution in [3.8, 4) is 0 Å². The fraction of sp³-hybridized carbons (Fsp3) is 0.900. The van der Waals surface area contributed by atoms with Crippen LogP contribution in [0, 0.1) is 0 Å². The molecular weight excluding hydrogens is 228 g/mol. The van der Waals surface area contributed by atoms with Gasteiger partial charge < -0.3 is 25.7 Å². The Hall–Kier alpha value is -0.730. The molecule has 7 heteroatoms. The highest BCUT2D eigenvalue weighted by Gasteiger charge is 2.04. The van der Waals surface area contributed by atoms with Gasteiger partial charge in [0.1, 0.15) is 6.04 Å². The van der Waals surface area contributed by atoms with Crippen molar-refractivity contribution in [1.82, 2.24) is 10.2 Å². The van der Waals surface area contributed by atoms with Crippen LogP contribution in [-0.2, 0) is 4.79 Å². The number of hydrogen-bond donors (Lipinski definition) is 5. The molecule has 0 spiro atoms. The van der Waals surface area contributed by atoms with Gasteiger partial charge in [0.2, 0.25) is 0 Å². The molecule has 0 radical (unpaired) electrons. The first kappa shape index (κ1) is 18.6. The van der Waals surface area contributed by atoms with E-state index >= 15 is 0 Å². The van der Waals surface area contributed by atoms with Crippen molar-refractivity contribution in [3.63, 3.8) is 0 Å². The average molecular weight is 252 g/mol. The fourth-order valence-electron chi connectivity index (χ4n) is 0.883. The zero-order chi connectivity index (χ0) is 13.7. The first-order valence-corrected chi connectivity index (χ1v) is 5.48. The molecule has 7 nitrogen and oxygen atoms in total. The summed E-state index contributed by atoms with van der Waals surface area (Å²) in [5.41, 5.74) is 0. The van der Waals surface area contributed by atoms with Gasteiger partial charge in [0.25, 0.3) is 0 Å². The van der Waals surface area contributed by atoms with Crippen LogP contribution in [0.4, 0.5) is 0 Å². The number of nitrogens with zero attached hydrogens (tertiary/aromatic N) is 1. The quantitative estimate of drug-likeness (QED) is 0.338. The average Bonchev–Trinajstić information content (AvgIpc) is 2.30. The normalized spacial score (nSPS) is 11.9. The molecule has 5 N–H and O–H groups in total. The number of nitrogens with one attached hydrogen (secondary N) is 1. The van der Waals surface area contributed by atoms with E-state index in [-0.39, 0.29) is 19.8 Å². The maximum absolute atomic E-state index is 9.87. The largest absolute Gasteiger partial charge is 0.480 e. The molecule has 0 heterocycles.